The van der Waals surface area contributed by atoms with Gasteiger partial charge < -0.3 is 5.32 Å². The molecular formula is C9H14ClN3. The molecule has 4 heteroatoms. The van der Waals surface area contributed by atoms with Crippen molar-refractivity contribution in [2.45, 2.75) is 26.7 Å². The molecule has 1 N–H and O–H groups in total. The summed E-state index contributed by atoms with van der Waals surface area (Å²) in [4.78, 5) is 8.65. The zero-order valence-electron chi connectivity index (χ0n) is 8.19. The number of aromatic nitrogens is 2. The molecule has 13 heavy (non-hydrogen) atoms. The highest BCUT2D eigenvalue weighted by Gasteiger charge is 2.08. The summed E-state index contributed by atoms with van der Waals surface area (Å²) < 4.78 is 0. The van der Waals surface area contributed by atoms with E-state index >= 15 is 0 Å². The molecule has 0 fully saturated rings. The van der Waals surface area contributed by atoms with Crippen molar-refractivity contribution >= 4 is 17.4 Å². The summed E-state index contributed by atoms with van der Waals surface area (Å²) in [6.07, 6.45) is 1.65. The Balaban J connectivity index is 3.18. The van der Waals surface area contributed by atoms with Gasteiger partial charge in [0.1, 0.15) is 5.82 Å². The number of rotatable bonds is 3. The molecular weight excluding hydrogens is 186 g/mol. The van der Waals surface area contributed by atoms with Gasteiger partial charge in [0, 0.05) is 7.05 Å². The molecule has 0 aliphatic carbocycles. The van der Waals surface area contributed by atoms with Crippen LogP contribution in [0.2, 0.25) is 5.15 Å². The molecule has 72 valence electrons. The number of hydrogen-bond acceptors (Lipinski definition) is 3. The Bertz CT molecular complexity index is 299. The van der Waals surface area contributed by atoms with Gasteiger partial charge in [0.25, 0.3) is 0 Å². The summed E-state index contributed by atoms with van der Waals surface area (Å²) in [5.74, 6) is 0.837. The molecule has 0 radical (unpaired) electrons. The van der Waals surface area contributed by atoms with Crippen LogP contribution in [0.1, 0.15) is 25.2 Å². The van der Waals surface area contributed by atoms with E-state index in [0.29, 0.717) is 5.15 Å². The van der Waals surface area contributed by atoms with Gasteiger partial charge in [0.15, 0.2) is 5.15 Å². The van der Waals surface area contributed by atoms with Gasteiger partial charge in [-0.15, -0.1) is 0 Å². The number of aryl methyl sites for hydroxylation is 2. The van der Waals surface area contributed by atoms with E-state index in [0.717, 1.165) is 30.0 Å². The van der Waals surface area contributed by atoms with Gasteiger partial charge in [-0.3, -0.25) is 0 Å². The molecule has 0 aliphatic rings. The highest BCUT2D eigenvalue weighted by Crippen LogP contribution is 2.18. The van der Waals surface area contributed by atoms with Gasteiger partial charge in [-0.2, -0.15) is 0 Å². The van der Waals surface area contributed by atoms with Crippen molar-refractivity contribution in [3.63, 3.8) is 0 Å². The first-order chi connectivity index (χ1) is 6.22. The highest BCUT2D eigenvalue weighted by molar-refractivity contribution is 6.30. The maximum absolute atomic E-state index is 5.94. The summed E-state index contributed by atoms with van der Waals surface area (Å²) in [5.41, 5.74) is 1.77. The second-order valence-electron chi connectivity index (χ2n) is 2.71. The fourth-order valence-corrected chi connectivity index (χ4v) is 1.43. The monoisotopic (exact) mass is 199 g/mol. The van der Waals surface area contributed by atoms with Gasteiger partial charge in [-0.1, -0.05) is 25.4 Å². The average Bonchev–Trinajstić information content (AvgIpc) is 2.17. The second kappa shape index (κ2) is 4.42. The van der Waals surface area contributed by atoms with E-state index in [1.54, 1.807) is 0 Å². The first kappa shape index (κ1) is 10.3. The van der Waals surface area contributed by atoms with Crippen molar-refractivity contribution in [2.75, 3.05) is 12.4 Å². The predicted octanol–water partition coefficient (Wildman–Crippen LogP) is 2.30. The Labute approximate surface area is 83.5 Å². The fourth-order valence-electron chi connectivity index (χ4n) is 1.15. The molecule has 0 saturated heterocycles. The van der Waals surface area contributed by atoms with Crippen LogP contribution in [-0.4, -0.2) is 17.0 Å². The van der Waals surface area contributed by atoms with Gasteiger partial charge in [-0.25, -0.2) is 9.97 Å². The molecule has 1 rings (SSSR count). The quantitative estimate of drug-likeness (QED) is 0.812. The normalized spacial score (nSPS) is 10.2. The van der Waals surface area contributed by atoms with Crippen molar-refractivity contribution in [1.29, 1.82) is 0 Å². The molecule has 3 nitrogen and oxygen atoms in total. The van der Waals surface area contributed by atoms with E-state index < -0.39 is 0 Å². The van der Waals surface area contributed by atoms with Crippen molar-refractivity contribution < 1.29 is 0 Å². The van der Waals surface area contributed by atoms with Gasteiger partial charge in [0.05, 0.1) is 11.4 Å². The van der Waals surface area contributed by atoms with Gasteiger partial charge in [-0.05, 0) is 12.8 Å². The Morgan fingerprint density at radius 1 is 1.15 bits per heavy atom. The predicted molar refractivity (Wildman–Crippen MR) is 55.3 cm³/mol. The van der Waals surface area contributed by atoms with Crippen molar-refractivity contribution in [3.8, 4) is 0 Å². The lowest BCUT2D eigenvalue weighted by molar-refractivity contribution is 0.940. The topological polar surface area (TPSA) is 37.8 Å². The molecule has 0 amide bonds. The molecule has 0 aromatic carbocycles. The fraction of sp³-hybridized carbons (Fsp3) is 0.556. The third kappa shape index (κ3) is 2.10. The molecule has 1 aromatic heterocycles. The van der Waals surface area contributed by atoms with E-state index in [9.17, 15) is 0 Å². The molecule has 0 bridgehead atoms. The average molecular weight is 200 g/mol. The zero-order chi connectivity index (χ0) is 9.84. The smallest absolute Gasteiger partial charge is 0.150 e. The van der Waals surface area contributed by atoms with Crippen LogP contribution in [0.5, 0.6) is 0 Å². The van der Waals surface area contributed by atoms with Crippen LogP contribution >= 0.6 is 11.6 Å². The minimum atomic E-state index is 0.526. The molecule has 1 heterocycles. The minimum Gasteiger partial charge on any atom is -0.372 e. The van der Waals surface area contributed by atoms with Crippen molar-refractivity contribution in [1.82, 2.24) is 9.97 Å². The van der Waals surface area contributed by atoms with E-state index in [1.807, 2.05) is 20.9 Å². The van der Waals surface area contributed by atoms with Crippen LogP contribution in [0.4, 0.5) is 5.82 Å². The van der Waals surface area contributed by atoms with Crippen LogP contribution in [0.3, 0.4) is 0 Å². The summed E-state index contributed by atoms with van der Waals surface area (Å²) in [5, 5.41) is 3.54. The number of hydrogen-bond donors (Lipinski definition) is 1. The standard InChI is InChI=1S/C9H14ClN3/c1-4-6-8(10)12-7(5-2)9(11-3)13-6/h4-5H2,1-3H3,(H,11,13). The summed E-state index contributed by atoms with van der Waals surface area (Å²) in [7, 11) is 1.84. The maximum Gasteiger partial charge on any atom is 0.150 e. The Kier molecular flexibility index (Phi) is 3.48. The molecule has 0 aliphatic heterocycles. The second-order valence-corrected chi connectivity index (χ2v) is 3.07. The van der Waals surface area contributed by atoms with Crippen molar-refractivity contribution in [3.05, 3.63) is 16.5 Å². The van der Waals surface area contributed by atoms with Gasteiger partial charge in [0.2, 0.25) is 0 Å². The van der Waals surface area contributed by atoms with Gasteiger partial charge >= 0.3 is 0 Å². The highest BCUT2D eigenvalue weighted by atomic mass is 35.5. The molecule has 0 unspecified atom stereocenters. The zero-order valence-corrected chi connectivity index (χ0v) is 8.94. The minimum absolute atomic E-state index is 0.526. The summed E-state index contributed by atoms with van der Waals surface area (Å²) >= 11 is 5.94. The summed E-state index contributed by atoms with van der Waals surface area (Å²) in [6.45, 7) is 4.05. The lowest BCUT2D eigenvalue weighted by Gasteiger charge is -2.08. The number of halogens is 1. The first-order valence-corrected chi connectivity index (χ1v) is 4.83. The van der Waals surface area contributed by atoms with E-state index in [2.05, 4.69) is 15.3 Å². The van der Waals surface area contributed by atoms with E-state index in [-0.39, 0.29) is 0 Å². The SMILES string of the molecule is CCc1nc(NC)c(CC)nc1Cl. The Morgan fingerprint density at radius 3 is 2.23 bits per heavy atom. The molecule has 1 aromatic rings. The molecule has 0 saturated carbocycles. The number of nitrogens with zero attached hydrogens (tertiary/aromatic N) is 2. The van der Waals surface area contributed by atoms with Crippen LogP contribution < -0.4 is 5.32 Å². The molecule has 0 spiro atoms. The Hall–Kier alpha value is -0.830. The van der Waals surface area contributed by atoms with Crippen LogP contribution in [0.25, 0.3) is 0 Å². The third-order valence-electron chi connectivity index (χ3n) is 1.90. The number of nitrogens with one attached hydrogen (secondary N) is 1. The largest absolute Gasteiger partial charge is 0.372 e. The molecule has 0 atom stereocenters. The van der Waals surface area contributed by atoms with Crippen LogP contribution in [0.15, 0.2) is 0 Å². The summed E-state index contributed by atoms with van der Waals surface area (Å²) in [6, 6.07) is 0. The van der Waals surface area contributed by atoms with E-state index in [1.165, 1.54) is 0 Å². The first-order valence-electron chi connectivity index (χ1n) is 4.45. The van der Waals surface area contributed by atoms with Crippen LogP contribution in [0, 0.1) is 0 Å². The lowest BCUT2D eigenvalue weighted by atomic mass is 10.3. The maximum atomic E-state index is 5.94. The van der Waals surface area contributed by atoms with E-state index in [4.69, 9.17) is 11.6 Å². The lowest BCUT2D eigenvalue weighted by Crippen LogP contribution is -2.04. The third-order valence-corrected chi connectivity index (χ3v) is 2.20. The number of anilines is 1. The van der Waals surface area contributed by atoms with Crippen LogP contribution in [-0.2, 0) is 12.8 Å². The van der Waals surface area contributed by atoms with Crippen molar-refractivity contribution in [2.24, 2.45) is 0 Å². The Morgan fingerprint density at radius 2 is 1.77 bits per heavy atom.